The summed E-state index contributed by atoms with van der Waals surface area (Å²) in [6.45, 7) is 8.06. The largest absolute Gasteiger partial charge is 0.387 e. The van der Waals surface area contributed by atoms with Gasteiger partial charge in [-0.3, -0.25) is 9.67 Å². The Morgan fingerprint density at radius 3 is 2.31 bits per heavy atom. The van der Waals surface area contributed by atoms with E-state index in [0.717, 1.165) is 41.8 Å². The van der Waals surface area contributed by atoms with E-state index in [0.29, 0.717) is 0 Å². The van der Waals surface area contributed by atoms with Crippen LogP contribution in [0.4, 0.5) is 5.69 Å². The minimum Gasteiger partial charge on any atom is -0.387 e. The number of nitrogens with zero attached hydrogens (tertiary/aromatic N) is 6. The van der Waals surface area contributed by atoms with Crippen molar-refractivity contribution in [3.8, 4) is 11.3 Å². The van der Waals surface area contributed by atoms with E-state index >= 15 is 0 Å². The van der Waals surface area contributed by atoms with Crippen LogP contribution in [0.1, 0.15) is 84.2 Å². The lowest BCUT2D eigenvalue weighted by molar-refractivity contribution is 0.424. The van der Waals surface area contributed by atoms with Crippen LogP contribution in [-0.2, 0) is 13.1 Å². The summed E-state index contributed by atoms with van der Waals surface area (Å²) in [7, 11) is 3.97. The van der Waals surface area contributed by atoms with E-state index in [1.54, 1.807) is 0 Å². The number of nitrogens with one attached hydrogen (secondary N) is 1. The molecule has 7 nitrogen and oxygen atoms in total. The predicted molar refractivity (Wildman–Crippen MR) is 148 cm³/mol. The fraction of sp³-hybridized carbons (Fsp3) is 0.536. The van der Waals surface area contributed by atoms with Crippen molar-refractivity contribution in [2.24, 2.45) is 0 Å². The van der Waals surface area contributed by atoms with Crippen LogP contribution in [-0.4, -0.2) is 43.3 Å². The number of aromatic nitrogens is 5. The molecule has 0 unspecified atom stereocenters. The zero-order valence-electron chi connectivity index (χ0n) is 21.5. The van der Waals surface area contributed by atoms with Gasteiger partial charge in [0.1, 0.15) is 5.82 Å². The van der Waals surface area contributed by atoms with Crippen molar-refractivity contribution in [3.05, 3.63) is 54.6 Å². The van der Waals surface area contributed by atoms with E-state index in [9.17, 15) is 0 Å². The minimum absolute atomic E-state index is 0. The monoisotopic (exact) mass is 479 g/mol. The molecule has 5 rings (SSSR count). The number of rotatable bonds is 4. The summed E-state index contributed by atoms with van der Waals surface area (Å²) in [5.41, 5.74) is 4.59. The van der Waals surface area contributed by atoms with Crippen LogP contribution in [0.5, 0.6) is 0 Å². The summed E-state index contributed by atoms with van der Waals surface area (Å²) in [5, 5.41) is 7.39. The Balaban J connectivity index is 0.000000220. The molecule has 0 amide bonds. The summed E-state index contributed by atoms with van der Waals surface area (Å²) in [5.74, 6) is 1.78. The third kappa shape index (κ3) is 7.70. The smallest absolute Gasteiger partial charge is 0.132 e. The molecular weight excluding hydrogens is 434 g/mol. The molecule has 0 radical (unpaired) electrons. The maximum atomic E-state index is 4.51. The summed E-state index contributed by atoms with van der Waals surface area (Å²) < 4.78 is 4.05. The summed E-state index contributed by atoms with van der Waals surface area (Å²) in [6, 6.07) is 4.29. The number of fused-ring (bicyclic) bond motifs is 1. The molecular formula is C28H45N7. The van der Waals surface area contributed by atoms with Gasteiger partial charge in [0.2, 0.25) is 0 Å². The highest BCUT2D eigenvalue weighted by atomic mass is 15.3. The molecule has 3 aromatic heterocycles. The number of imidazole rings is 1. The zero-order valence-corrected chi connectivity index (χ0v) is 21.5. The molecule has 3 aromatic rings. The first-order valence-corrected chi connectivity index (χ1v) is 12.7. The first kappa shape index (κ1) is 28.1. The molecule has 1 saturated carbocycles. The second-order valence-corrected chi connectivity index (χ2v) is 8.99. The highest BCUT2D eigenvalue weighted by Crippen LogP contribution is 2.31. The lowest BCUT2D eigenvalue weighted by atomic mass is 9.87. The molecule has 1 N–H and O–H groups in total. The van der Waals surface area contributed by atoms with Gasteiger partial charge in [0, 0.05) is 56.4 Å². The Morgan fingerprint density at radius 2 is 1.71 bits per heavy atom. The van der Waals surface area contributed by atoms with E-state index < -0.39 is 0 Å². The van der Waals surface area contributed by atoms with Crippen molar-refractivity contribution in [1.82, 2.24) is 29.2 Å². The molecule has 35 heavy (non-hydrogen) atoms. The number of pyridine rings is 1. The van der Waals surface area contributed by atoms with Gasteiger partial charge in [-0.15, -0.1) is 0 Å². The molecule has 1 aliphatic carbocycles. The topological polar surface area (TPSA) is 63.8 Å². The Kier molecular flexibility index (Phi) is 11.5. The second-order valence-electron chi connectivity index (χ2n) is 8.99. The van der Waals surface area contributed by atoms with Gasteiger partial charge < -0.3 is 14.8 Å². The van der Waals surface area contributed by atoms with Crippen molar-refractivity contribution in [3.63, 3.8) is 0 Å². The van der Waals surface area contributed by atoms with Gasteiger partial charge in [-0.2, -0.15) is 5.10 Å². The third-order valence-corrected chi connectivity index (χ3v) is 6.09. The van der Waals surface area contributed by atoms with Crippen LogP contribution in [0.2, 0.25) is 0 Å². The van der Waals surface area contributed by atoms with Crippen LogP contribution >= 0.6 is 0 Å². The summed E-state index contributed by atoms with van der Waals surface area (Å²) >= 11 is 0. The molecule has 0 aromatic carbocycles. The molecule has 0 bridgehead atoms. The van der Waals surface area contributed by atoms with Gasteiger partial charge in [-0.05, 0) is 31.9 Å². The minimum atomic E-state index is 0. The fourth-order valence-corrected chi connectivity index (χ4v) is 4.21. The van der Waals surface area contributed by atoms with Crippen LogP contribution in [0.15, 0.2) is 43.1 Å². The molecule has 0 atom stereocenters. The second kappa shape index (κ2) is 14.3. The highest BCUT2D eigenvalue weighted by Gasteiger charge is 2.16. The molecule has 1 fully saturated rings. The standard InChI is InChI=1S/C12H15N5.C12H18N2.C3H8.CH4/c1-3-16-8-10(6-14-16)11-7-13-12-9-15(2)4-5-17(11)12;1-13-11-7-8-12(14-9-11)10-5-3-2-4-6-10;1-3-2;/h4-8H,3,9H2,1-2H3;7-10,13H,2-6H2,1H3;3H2,1-2H3;1H4. The maximum absolute atomic E-state index is 4.51. The van der Waals surface area contributed by atoms with Gasteiger partial charge in [0.25, 0.3) is 0 Å². The normalized spacial score (nSPS) is 14.6. The van der Waals surface area contributed by atoms with Gasteiger partial charge in [0.15, 0.2) is 0 Å². The van der Waals surface area contributed by atoms with Crippen LogP contribution < -0.4 is 5.32 Å². The Bertz CT molecular complexity index is 1010. The molecule has 1 aliphatic heterocycles. The Labute approximate surface area is 212 Å². The molecule has 0 saturated heterocycles. The summed E-state index contributed by atoms with van der Waals surface area (Å²) in [6.07, 6.45) is 20.0. The van der Waals surface area contributed by atoms with Crippen molar-refractivity contribution in [1.29, 1.82) is 0 Å². The predicted octanol–water partition coefficient (Wildman–Crippen LogP) is 6.86. The fourth-order valence-electron chi connectivity index (χ4n) is 4.21. The number of hydrogen-bond acceptors (Lipinski definition) is 5. The zero-order chi connectivity index (χ0) is 24.3. The van der Waals surface area contributed by atoms with Crippen LogP contribution in [0, 0.1) is 0 Å². The third-order valence-electron chi connectivity index (χ3n) is 6.09. The lowest BCUT2D eigenvalue weighted by Crippen LogP contribution is -2.18. The number of aryl methyl sites for hydroxylation is 1. The number of anilines is 1. The molecule has 192 valence electrons. The highest BCUT2D eigenvalue weighted by molar-refractivity contribution is 5.61. The molecule has 0 spiro atoms. The van der Waals surface area contributed by atoms with Crippen molar-refractivity contribution >= 4 is 11.9 Å². The van der Waals surface area contributed by atoms with Crippen molar-refractivity contribution in [2.45, 2.75) is 85.7 Å². The van der Waals surface area contributed by atoms with E-state index in [4.69, 9.17) is 0 Å². The first-order valence-electron chi connectivity index (χ1n) is 12.7. The van der Waals surface area contributed by atoms with Gasteiger partial charge in [-0.1, -0.05) is 47.0 Å². The number of hydrogen-bond donors (Lipinski definition) is 1. The van der Waals surface area contributed by atoms with Crippen molar-refractivity contribution < 1.29 is 0 Å². The Hall–Kier alpha value is -3.09. The quantitative estimate of drug-likeness (QED) is 0.443. The molecule has 4 heterocycles. The van der Waals surface area contributed by atoms with Crippen molar-refractivity contribution in [2.75, 3.05) is 19.4 Å². The molecule has 7 heteroatoms. The van der Waals surface area contributed by atoms with E-state index in [1.165, 1.54) is 44.2 Å². The average Bonchev–Trinajstić information content (AvgIpc) is 3.52. The van der Waals surface area contributed by atoms with Gasteiger partial charge >= 0.3 is 0 Å². The SMILES string of the molecule is C.CCC.CCn1cc(-c2cnc3n2C=CN(C)C3)cn1.CNc1ccc(C2CCCCC2)nc1. The lowest BCUT2D eigenvalue weighted by Gasteiger charge is -2.20. The molecule has 2 aliphatic rings. The van der Waals surface area contributed by atoms with E-state index in [-0.39, 0.29) is 7.43 Å². The Morgan fingerprint density at radius 1 is 0.971 bits per heavy atom. The van der Waals surface area contributed by atoms with Crippen LogP contribution in [0.3, 0.4) is 0 Å². The van der Waals surface area contributed by atoms with Gasteiger partial charge in [-0.25, -0.2) is 4.98 Å². The van der Waals surface area contributed by atoms with Gasteiger partial charge in [0.05, 0.1) is 36.5 Å². The first-order chi connectivity index (χ1) is 16.6. The van der Waals surface area contributed by atoms with E-state index in [2.05, 4.69) is 75.2 Å². The average molecular weight is 480 g/mol. The maximum Gasteiger partial charge on any atom is 0.132 e. The van der Waals surface area contributed by atoms with E-state index in [1.807, 2.05) is 43.6 Å². The summed E-state index contributed by atoms with van der Waals surface area (Å²) in [4.78, 5) is 11.1. The van der Waals surface area contributed by atoms with Crippen LogP contribution in [0.25, 0.3) is 17.5 Å².